The third-order valence-corrected chi connectivity index (χ3v) is 4.27. The highest BCUT2D eigenvalue weighted by Gasteiger charge is 2.14. The highest BCUT2D eigenvalue weighted by molar-refractivity contribution is 7.98. The minimum atomic E-state index is -0.421. The molecule has 0 bridgehead atoms. The van der Waals surface area contributed by atoms with E-state index in [4.69, 9.17) is 15.2 Å². The lowest BCUT2D eigenvalue weighted by Crippen LogP contribution is -2.42. The first-order valence-electron chi connectivity index (χ1n) is 7.75. The van der Waals surface area contributed by atoms with Crippen molar-refractivity contribution in [3.8, 4) is 11.5 Å². The van der Waals surface area contributed by atoms with Crippen LogP contribution in [-0.2, 0) is 11.2 Å². The Morgan fingerprint density at radius 3 is 2.61 bits per heavy atom. The van der Waals surface area contributed by atoms with Crippen LogP contribution in [0.25, 0.3) is 0 Å². The number of carbonyl (C=O) groups is 1. The van der Waals surface area contributed by atoms with Gasteiger partial charge in [-0.25, -0.2) is 0 Å². The molecule has 1 rings (SSSR count). The van der Waals surface area contributed by atoms with Crippen molar-refractivity contribution in [3.05, 3.63) is 23.8 Å². The molecule has 0 aliphatic rings. The molecule has 1 aromatic carbocycles. The van der Waals surface area contributed by atoms with E-state index in [9.17, 15) is 4.79 Å². The molecule has 130 valence electrons. The van der Waals surface area contributed by atoms with Crippen LogP contribution in [0.1, 0.15) is 18.9 Å². The predicted octanol–water partition coefficient (Wildman–Crippen LogP) is 2.08. The molecule has 0 spiro atoms. The van der Waals surface area contributed by atoms with Crippen LogP contribution in [0, 0.1) is 5.92 Å². The van der Waals surface area contributed by atoms with Crippen LogP contribution in [0.15, 0.2) is 18.2 Å². The van der Waals surface area contributed by atoms with Crippen molar-refractivity contribution in [1.29, 1.82) is 0 Å². The monoisotopic (exact) mass is 340 g/mol. The molecule has 0 aliphatic heterocycles. The summed E-state index contributed by atoms with van der Waals surface area (Å²) in [7, 11) is 3.25. The quantitative estimate of drug-likeness (QED) is 0.682. The summed E-state index contributed by atoms with van der Waals surface area (Å²) in [5, 5.41) is 2.93. The average molecular weight is 340 g/mol. The second-order valence-electron chi connectivity index (χ2n) is 5.63. The molecule has 0 saturated heterocycles. The van der Waals surface area contributed by atoms with Gasteiger partial charge in [0, 0.05) is 6.54 Å². The maximum absolute atomic E-state index is 11.9. The van der Waals surface area contributed by atoms with E-state index in [1.165, 1.54) is 0 Å². The van der Waals surface area contributed by atoms with Crippen LogP contribution >= 0.6 is 11.8 Å². The van der Waals surface area contributed by atoms with Gasteiger partial charge in [0.1, 0.15) is 0 Å². The van der Waals surface area contributed by atoms with Gasteiger partial charge in [-0.1, -0.05) is 13.0 Å². The predicted molar refractivity (Wildman–Crippen MR) is 96.4 cm³/mol. The van der Waals surface area contributed by atoms with Crippen LogP contribution < -0.4 is 20.5 Å². The summed E-state index contributed by atoms with van der Waals surface area (Å²) in [4.78, 5) is 11.9. The molecule has 1 aromatic rings. The zero-order valence-electron chi connectivity index (χ0n) is 14.4. The Hall–Kier alpha value is -1.40. The Kier molecular flexibility index (Phi) is 8.87. The lowest BCUT2D eigenvalue weighted by molar-refractivity contribution is -0.122. The van der Waals surface area contributed by atoms with E-state index in [0.717, 1.165) is 29.2 Å². The molecule has 0 aliphatic carbocycles. The molecule has 5 nitrogen and oxygen atoms in total. The number of methoxy groups -OCH3 is 2. The number of amides is 1. The molecule has 0 saturated carbocycles. The Morgan fingerprint density at radius 1 is 1.30 bits per heavy atom. The molecular formula is C17H28N2O3S. The summed E-state index contributed by atoms with van der Waals surface area (Å²) in [6.07, 6.45) is 3.56. The van der Waals surface area contributed by atoms with Gasteiger partial charge >= 0.3 is 0 Å². The fourth-order valence-corrected chi connectivity index (χ4v) is 2.75. The Morgan fingerprint density at radius 2 is 2.00 bits per heavy atom. The molecule has 1 amide bonds. The molecule has 0 heterocycles. The van der Waals surface area contributed by atoms with Gasteiger partial charge in [-0.2, -0.15) is 11.8 Å². The number of carbonyl (C=O) groups excluding carboxylic acids is 1. The van der Waals surface area contributed by atoms with Crippen LogP contribution in [0.3, 0.4) is 0 Å². The topological polar surface area (TPSA) is 73.6 Å². The molecule has 2 unspecified atom stereocenters. The molecule has 0 fully saturated rings. The van der Waals surface area contributed by atoms with E-state index in [1.54, 1.807) is 26.0 Å². The first-order valence-corrected chi connectivity index (χ1v) is 9.14. The highest BCUT2D eigenvalue weighted by atomic mass is 32.2. The van der Waals surface area contributed by atoms with Crippen molar-refractivity contribution in [2.45, 2.75) is 25.8 Å². The average Bonchev–Trinajstić information content (AvgIpc) is 2.57. The largest absolute Gasteiger partial charge is 0.493 e. The van der Waals surface area contributed by atoms with Gasteiger partial charge in [-0.3, -0.25) is 4.79 Å². The van der Waals surface area contributed by atoms with E-state index < -0.39 is 6.04 Å². The zero-order valence-corrected chi connectivity index (χ0v) is 15.2. The van der Waals surface area contributed by atoms with Crippen LogP contribution in [0.2, 0.25) is 0 Å². The number of thioether (sulfide) groups is 1. The number of nitrogens with two attached hydrogens (primary N) is 1. The molecule has 6 heteroatoms. The highest BCUT2D eigenvalue weighted by Crippen LogP contribution is 2.28. The third-order valence-electron chi connectivity index (χ3n) is 3.63. The van der Waals surface area contributed by atoms with Gasteiger partial charge in [0.05, 0.1) is 20.3 Å². The smallest absolute Gasteiger partial charge is 0.236 e. The van der Waals surface area contributed by atoms with E-state index >= 15 is 0 Å². The molecule has 23 heavy (non-hydrogen) atoms. The van der Waals surface area contributed by atoms with Crippen molar-refractivity contribution in [3.63, 3.8) is 0 Å². The zero-order chi connectivity index (χ0) is 17.2. The number of benzene rings is 1. The van der Waals surface area contributed by atoms with Gasteiger partial charge in [-0.15, -0.1) is 0 Å². The van der Waals surface area contributed by atoms with Gasteiger partial charge in [0.15, 0.2) is 11.5 Å². The standard InChI is InChI=1S/C17H28N2O3S/c1-12(11-19-17(20)14(18)7-8-23-4)9-13-5-6-15(21-2)16(10-13)22-3/h5-6,10,12,14H,7-9,11,18H2,1-4H3,(H,19,20). The normalized spacial score (nSPS) is 13.3. The van der Waals surface area contributed by atoms with E-state index in [0.29, 0.717) is 18.9 Å². The lowest BCUT2D eigenvalue weighted by Gasteiger charge is -2.16. The second kappa shape index (κ2) is 10.4. The van der Waals surface area contributed by atoms with Crippen molar-refractivity contribution in [1.82, 2.24) is 5.32 Å². The molecule has 0 aromatic heterocycles. The lowest BCUT2D eigenvalue weighted by atomic mass is 10.0. The maximum atomic E-state index is 11.9. The molecule has 2 atom stereocenters. The second-order valence-corrected chi connectivity index (χ2v) is 6.62. The van der Waals surface area contributed by atoms with Gasteiger partial charge in [-0.05, 0) is 48.5 Å². The molecular weight excluding hydrogens is 312 g/mol. The van der Waals surface area contributed by atoms with Crippen molar-refractivity contribution in [2.75, 3.05) is 32.8 Å². The van der Waals surface area contributed by atoms with E-state index in [2.05, 4.69) is 12.2 Å². The SMILES string of the molecule is COc1ccc(CC(C)CNC(=O)C(N)CCSC)cc1OC. The van der Waals surface area contributed by atoms with E-state index in [-0.39, 0.29) is 5.91 Å². The fraction of sp³-hybridized carbons (Fsp3) is 0.588. The summed E-state index contributed by atoms with van der Waals surface area (Å²) in [6.45, 7) is 2.71. The Bertz CT molecular complexity index is 497. The van der Waals surface area contributed by atoms with Crippen LogP contribution in [0.4, 0.5) is 0 Å². The number of hydrogen-bond donors (Lipinski definition) is 2. The minimum Gasteiger partial charge on any atom is -0.493 e. The Labute approximate surface area is 143 Å². The van der Waals surface area contributed by atoms with Crippen molar-refractivity contribution in [2.24, 2.45) is 11.7 Å². The van der Waals surface area contributed by atoms with Gasteiger partial charge in [0.25, 0.3) is 0 Å². The van der Waals surface area contributed by atoms with Crippen LogP contribution in [0.5, 0.6) is 11.5 Å². The van der Waals surface area contributed by atoms with Crippen molar-refractivity contribution >= 4 is 17.7 Å². The van der Waals surface area contributed by atoms with Crippen LogP contribution in [-0.4, -0.2) is 44.7 Å². The first kappa shape index (κ1) is 19.6. The number of hydrogen-bond acceptors (Lipinski definition) is 5. The van der Waals surface area contributed by atoms with Gasteiger partial charge < -0.3 is 20.5 Å². The fourth-order valence-electron chi connectivity index (χ4n) is 2.26. The summed E-state index contributed by atoms with van der Waals surface area (Å²) >= 11 is 1.70. The number of nitrogens with one attached hydrogen (secondary N) is 1. The maximum Gasteiger partial charge on any atom is 0.236 e. The van der Waals surface area contributed by atoms with Gasteiger partial charge in [0.2, 0.25) is 5.91 Å². The molecule has 0 radical (unpaired) electrons. The van der Waals surface area contributed by atoms with E-state index in [1.807, 2.05) is 24.5 Å². The summed E-state index contributed by atoms with van der Waals surface area (Å²) < 4.78 is 10.5. The number of ether oxygens (including phenoxy) is 2. The van der Waals surface area contributed by atoms with Crippen molar-refractivity contribution < 1.29 is 14.3 Å². The summed E-state index contributed by atoms with van der Waals surface area (Å²) in [6, 6.07) is 5.47. The minimum absolute atomic E-state index is 0.0711. The third kappa shape index (κ3) is 6.71. The Balaban J connectivity index is 2.47. The summed E-state index contributed by atoms with van der Waals surface area (Å²) in [5.41, 5.74) is 7.01. The number of rotatable bonds is 10. The summed E-state index contributed by atoms with van der Waals surface area (Å²) in [5.74, 6) is 2.58. The first-order chi connectivity index (χ1) is 11.0. The molecule has 3 N–H and O–H groups in total.